The molecule has 5 heteroatoms. The first-order chi connectivity index (χ1) is 6.06. The van der Waals surface area contributed by atoms with E-state index in [2.05, 4.69) is 31.9 Å². The fraction of sp³-hybridized carbons (Fsp3) is 0.125. The zero-order chi connectivity index (χ0) is 10.0. The topological polar surface area (TPSA) is 26.3 Å². The fourth-order valence-corrected chi connectivity index (χ4v) is 2.44. The van der Waals surface area contributed by atoms with E-state index in [0.717, 1.165) is 4.47 Å². The zero-order valence-corrected chi connectivity index (χ0v) is 10.5. The SMILES string of the molecule is COc1cc(C(=O)Cl)c(Br)cc1Br. The van der Waals surface area contributed by atoms with Gasteiger partial charge in [-0.15, -0.1) is 0 Å². The average molecular weight is 328 g/mol. The molecule has 0 aliphatic heterocycles. The molecule has 0 fully saturated rings. The summed E-state index contributed by atoms with van der Waals surface area (Å²) in [4.78, 5) is 10.9. The third-order valence-corrected chi connectivity index (χ3v) is 2.93. The molecule has 0 bridgehead atoms. The molecule has 0 amide bonds. The molecule has 1 aromatic rings. The number of carbonyl (C=O) groups excluding carboxylic acids is 1. The van der Waals surface area contributed by atoms with Crippen LogP contribution in [-0.4, -0.2) is 12.4 Å². The molecular weight excluding hydrogens is 323 g/mol. The molecule has 0 spiro atoms. The highest BCUT2D eigenvalue weighted by molar-refractivity contribution is 9.11. The van der Waals surface area contributed by atoms with Crippen molar-refractivity contribution >= 4 is 48.7 Å². The molecule has 1 rings (SSSR count). The Kier molecular flexibility index (Phi) is 3.76. The van der Waals surface area contributed by atoms with Gasteiger partial charge in [-0.2, -0.15) is 0 Å². The van der Waals surface area contributed by atoms with Crippen LogP contribution in [0.25, 0.3) is 0 Å². The van der Waals surface area contributed by atoms with E-state index in [1.807, 2.05) is 0 Å². The Morgan fingerprint density at radius 1 is 1.38 bits per heavy atom. The van der Waals surface area contributed by atoms with Crippen molar-refractivity contribution in [3.8, 4) is 5.75 Å². The van der Waals surface area contributed by atoms with Crippen LogP contribution in [0.5, 0.6) is 5.75 Å². The van der Waals surface area contributed by atoms with Gasteiger partial charge in [-0.05, 0) is 55.6 Å². The normalized spacial score (nSPS) is 9.85. The van der Waals surface area contributed by atoms with Gasteiger partial charge in [0.2, 0.25) is 0 Å². The molecule has 0 unspecified atom stereocenters. The molecule has 0 aliphatic carbocycles. The largest absolute Gasteiger partial charge is 0.496 e. The van der Waals surface area contributed by atoms with Crippen molar-refractivity contribution in [3.63, 3.8) is 0 Å². The molecule has 70 valence electrons. The minimum atomic E-state index is -0.516. The summed E-state index contributed by atoms with van der Waals surface area (Å²) in [5.74, 6) is 0.576. The minimum absolute atomic E-state index is 0.390. The molecule has 2 nitrogen and oxygen atoms in total. The van der Waals surface area contributed by atoms with Crippen LogP contribution in [0.15, 0.2) is 21.1 Å². The maximum Gasteiger partial charge on any atom is 0.253 e. The van der Waals surface area contributed by atoms with E-state index in [1.165, 1.54) is 7.11 Å². The van der Waals surface area contributed by atoms with Crippen LogP contribution in [0.2, 0.25) is 0 Å². The molecule has 0 saturated heterocycles. The van der Waals surface area contributed by atoms with Crippen molar-refractivity contribution in [2.45, 2.75) is 0 Å². The van der Waals surface area contributed by atoms with E-state index >= 15 is 0 Å². The van der Waals surface area contributed by atoms with Gasteiger partial charge in [0.05, 0.1) is 17.1 Å². The van der Waals surface area contributed by atoms with Gasteiger partial charge in [0.25, 0.3) is 5.24 Å². The van der Waals surface area contributed by atoms with Gasteiger partial charge in [-0.25, -0.2) is 0 Å². The standard InChI is InChI=1S/C8H5Br2ClO2/c1-13-7-2-4(8(11)12)5(9)3-6(7)10/h2-3H,1H3. The van der Waals surface area contributed by atoms with Gasteiger partial charge in [0.1, 0.15) is 5.75 Å². The number of ether oxygens (including phenoxy) is 1. The van der Waals surface area contributed by atoms with Crippen LogP contribution < -0.4 is 4.74 Å². The summed E-state index contributed by atoms with van der Waals surface area (Å²) in [7, 11) is 1.52. The van der Waals surface area contributed by atoms with Gasteiger partial charge in [-0.1, -0.05) is 0 Å². The van der Waals surface area contributed by atoms with Crippen molar-refractivity contribution < 1.29 is 9.53 Å². The second-order valence-corrected chi connectivity index (χ2v) is 4.29. The monoisotopic (exact) mass is 326 g/mol. The lowest BCUT2D eigenvalue weighted by atomic mass is 10.2. The van der Waals surface area contributed by atoms with Crippen molar-refractivity contribution in [1.29, 1.82) is 0 Å². The van der Waals surface area contributed by atoms with Gasteiger partial charge in [-0.3, -0.25) is 4.79 Å². The zero-order valence-electron chi connectivity index (χ0n) is 6.61. The smallest absolute Gasteiger partial charge is 0.253 e. The predicted octanol–water partition coefficient (Wildman–Crippen LogP) is 3.60. The van der Waals surface area contributed by atoms with E-state index in [9.17, 15) is 4.79 Å². The lowest BCUT2D eigenvalue weighted by Crippen LogP contribution is -1.93. The number of halogens is 3. The summed E-state index contributed by atoms with van der Waals surface area (Å²) in [5, 5.41) is -0.516. The highest BCUT2D eigenvalue weighted by Gasteiger charge is 2.11. The average Bonchev–Trinajstić information content (AvgIpc) is 2.03. The predicted molar refractivity (Wildman–Crippen MR) is 58.6 cm³/mol. The third kappa shape index (κ3) is 2.45. The summed E-state index contributed by atoms with van der Waals surface area (Å²) >= 11 is 11.9. The van der Waals surface area contributed by atoms with Crippen molar-refractivity contribution in [3.05, 3.63) is 26.6 Å². The summed E-state index contributed by atoms with van der Waals surface area (Å²) < 4.78 is 6.42. The maximum atomic E-state index is 10.9. The van der Waals surface area contributed by atoms with E-state index in [4.69, 9.17) is 16.3 Å². The number of hydrogen-bond acceptors (Lipinski definition) is 2. The minimum Gasteiger partial charge on any atom is -0.496 e. The molecule has 1 aromatic carbocycles. The summed E-state index contributed by atoms with van der Waals surface area (Å²) in [6.07, 6.45) is 0. The molecule has 0 heterocycles. The molecule has 0 atom stereocenters. The first kappa shape index (κ1) is 11.0. The summed E-state index contributed by atoms with van der Waals surface area (Å²) in [6.45, 7) is 0. The summed E-state index contributed by atoms with van der Waals surface area (Å²) in [5.41, 5.74) is 0.390. The molecule has 0 N–H and O–H groups in total. The molecular formula is C8H5Br2ClO2. The second kappa shape index (κ2) is 4.44. The van der Waals surface area contributed by atoms with Gasteiger partial charge in [0.15, 0.2) is 0 Å². The molecule has 0 aromatic heterocycles. The maximum absolute atomic E-state index is 10.9. The van der Waals surface area contributed by atoms with Crippen molar-refractivity contribution in [2.75, 3.05) is 7.11 Å². The van der Waals surface area contributed by atoms with Crippen LogP contribution in [0.4, 0.5) is 0 Å². The lowest BCUT2D eigenvalue weighted by molar-refractivity contribution is 0.108. The quantitative estimate of drug-likeness (QED) is 0.776. The van der Waals surface area contributed by atoms with Crippen molar-refractivity contribution in [1.82, 2.24) is 0 Å². The van der Waals surface area contributed by atoms with Crippen LogP contribution in [0.1, 0.15) is 10.4 Å². The van der Waals surface area contributed by atoms with Crippen LogP contribution in [-0.2, 0) is 0 Å². The fourth-order valence-electron chi connectivity index (χ4n) is 0.836. The number of carbonyl (C=O) groups is 1. The molecule has 0 saturated carbocycles. The van der Waals surface area contributed by atoms with Crippen LogP contribution in [0, 0.1) is 0 Å². The molecule has 0 radical (unpaired) electrons. The summed E-state index contributed by atoms with van der Waals surface area (Å²) in [6, 6.07) is 3.29. The Morgan fingerprint density at radius 2 is 2.00 bits per heavy atom. The van der Waals surface area contributed by atoms with Crippen LogP contribution >= 0.6 is 43.5 Å². The van der Waals surface area contributed by atoms with Crippen molar-refractivity contribution in [2.24, 2.45) is 0 Å². The highest BCUT2D eigenvalue weighted by Crippen LogP contribution is 2.31. The highest BCUT2D eigenvalue weighted by atomic mass is 79.9. The second-order valence-electron chi connectivity index (χ2n) is 2.24. The van der Waals surface area contributed by atoms with Gasteiger partial charge < -0.3 is 4.74 Å². The van der Waals surface area contributed by atoms with E-state index in [-0.39, 0.29) is 0 Å². The Balaban J connectivity index is 3.30. The number of benzene rings is 1. The Hall–Kier alpha value is -0.0600. The lowest BCUT2D eigenvalue weighted by Gasteiger charge is -2.05. The van der Waals surface area contributed by atoms with Gasteiger partial charge in [0, 0.05) is 4.47 Å². The Morgan fingerprint density at radius 3 is 2.46 bits per heavy atom. The number of hydrogen-bond donors (Lipinski definition) is 0. The third-order valence-electron chi connectivity index (χ3n) is 1.45. The first-order valence-corrected chi connectivity index (χ1v) is 5.25. The first-order valence-electron chi connectivity index (χ1n) is 3.29. The molecule has 13 heavy (non-hydrogen) atoms. The number of methoxy groups -OCH3 is 1. The van der Waals surface area contributed by atoms with Gasteiger partial charge >= 0.3 is 0 Å². The Bertz CT molecular complexity index is 352. The number of rotatable bonds is 2. The van der Waals surface area contributed by atoms with E-state index in [0.29, 0.717) is 15.8 Å². The van der Waals surface area contributed by atoms with E-state index < -0.39 is 5.24 Å². The van der Waals surface area contributed by atoms with E-state index in [1.54, 1.807) is 12.1 Å². The molecule has 0 aliphatic rings. The Labute approximate surface area is 97.5 Å². The van der Waals surface area contributed by atoms with Crippen LogP contribution in [0.3, 0.4) is 0 Å².